The summed E-state index contributed by atoms with van der Waals surface area (Å²) in [6.45, 7) is 3.68. The molecule has 4 aliphatic heterocycles. The Morgan fingerprint density at radius 1 is 1.11 bits per heavy atom. The number of nitrogens with zero attached hydrogens (tertiary/aromatic N) is 2. The molecular formula is C28H27ClN4O4. The summed E-state index contributed by atoms with van der Waals surface area (Å²) < 4.78 is 6.31. The van der Waals surface area contributed by atoms with E-state index in [-0.39, 0.29) is 23.7 Å². The number of aromatic nitrogens is 1. The van der Waals surface area contributed by atoms with Crippen molar-refractivity contribution in [1.29, 1.82) is 0 Å². The first-order chi connectivity index (χ1) is 17.9. The van der Waals surface area contributed by atoms with Crippen LogP contribution in [0.15, 0.2) is 36.5 Å². The van der Waals surface area contributed by atoms with E-state index in [4.69, 9.17) is 16.3 Å². The minimum absolute atomic E-state index is 0.0658. The highest BCUT2D eigenvalue weighted by Gasteiger charge is 2.47. The molecule has 1 unspecified atom stereocenters. The molecule has 0 aliphatic carbocycles. The summed E-state index contributed by atoms with van der Waals surface area (Å²) in [5.41, 5.74) is 4.88. The van der Waals surface area contributed by atoms with Crippen LogP contribution in [0.5, 0.6) is 5.75 Å². The third kappa shape index (κ3) is 3.49. The number of imide groups is 1. The van der Waals surface area contributed by atoms with Gasteiger partial charge in [0.15, 0.2) is 0 Å². The van der Waals surface area contributed by atoms with E-state index in [1.807, 2.05) is 18.3 Å². The van der Waals surface area contributed by atoms with Gasteiger partial charge >= 0.3 is 0 Å². The Labute approximate surface area is 218 Å². The summed E-state index contributed by atoms with van der Waals surface area (Å²) in [6.07, 6.45) is 4.39. The van der Waals surface area contributed by atoms with Crippen LogP contribution in [0.1, 0.15) is 52.7 Å². The Bertz CT molecular complexity index is 1470. The second kappa shape index (κ2) is 8.33. The third-order valence-corrected chi connectivity index (χ3v) is 8.98. The van der Waals surface area contributed by atoms with Crippen LogP contribution in [0.4, 0.5) is 0 Å². The Morgan fingerprint density at radius 2 is 1.95 bits per heavy atom. The van der Waals surface area contributed by atoms with Crippen LogP contribution in [-0.4, -0.2) is 58.2 Å². The summed E-state index contributed by atoms with van der Waals surface area (Å²) in [5, 5.41) is 4.22. The second-order valence-corrected chi connectivity index (χ2v) is 11.1. The van der Waals surface area contributed by atoms with Gasteiger partial charge in [0.25, 0.3) is 5.91 Å². The molecule has 9 heteroatoms. The fourth-order valence-corrected chi connectivity index (χ4v) is 6.90. The molecule has 3 amide bonds. The van der Waals surface area contributed by atoms with Gasteiger partial charge in [-0.15, -0.1) is 0 Å². The summed E-state index contributed by atoms with van der Waals surface area (Å²) in [7, 11) is 0. The summed E-state index contributed by atoms with van der Waals surface area (Å²) in [6, 6.07) is 9.60. The number of H-pyrrole nitrogens is 1. The van der Waals surface area contributed by atoms with Crippen LogP contribution in [0, 0.1) is 0 Å². The van der Waals surface area contributed by atoms with Crippen molar-refractivity contribution in [2.75, 3.05) is 19.7 Å². The number of rotatable bonds is 3. The van der Waals surface area contributed by atoms with Gasteiger partial charge in [-0.25, -0.2) is 0 Å². The van der Waals surface area contributed by atoms with Crippen LogP contribution in [0.25, 0.3) is 10.9 Å². The molecule has 0 saturated carbocycles. The molecule has 2 N–H and O–H groups in total. The molecule has 1 spiro atoms. The molecule has 1 atom stereocenters. The number of hydrogen-bond acceptors (Lipinski definition) is 5. The van der Waals surface area contributed by atoms with Gasteiger partial charge in [-0.05, 0) is 50.0 Å². The van der Waals surface area contributed by atoms with Crippen LogP contribution in [-0.2, 0) is 28.1 Å². The quantitative estimate of drug-likeness (QED) is 0.517. The Balaban J connectivity index is 1.10. The van der Waals surface area contributed by atoms with Crippen molar-refractivity contribution in [3.05, 3.63) is 63.8 Å². The number of hydrogen-bond donors (Lipinski definition) is 2. The average Bonchev–Trinajstić information content (AvgIpc) is 3.56. The van der Waals surface area contributed by atoms with Crippen LogP contribution < -0.4 is 10.1 Å². The van der Waals surface area contributed by atoms with Crippen LogP contribution in [0.3, 0.4) is 0 Å². The molecule has 2 aromatic carbocycles. The Hall–Kier alpha value is -3.36. The number of aromatic amines is 1. The predicted molar refractivity (Wildman–Crippen MR) is 137 cm³/mol. The van der Waals surface area contributed by atoms with Crippen molar-refractivity contribution in [2.45, 2.75) is 50.2 Å². The maximum Gasteiger partial charge on any atom is 0.255 e. The number of amides is 3. The van der Waals surface area contributed by atoms with Gasteiger partial charge in [-0.3, -0.25) is 24.6 Å². The van der Waals surface area contributed by atoms with Crippen molar-refractivity contribution in [3.8, 4) is 5.75 Å². The van der Waals surface area contributed by atoms with Gasteiger partial charge < -0.3 is 14.6 Å². The lowest BCUT2D eigenvalue weighted by Crippen LogP contribution is -2.52. The van der Waals surface area contributed by atoms with E-state index in [1.165, 1.54) is 11.1 Å². The minimum atomic E-state index is -0.621. The maximum atomic E-state index is 13.2. The number of fused-ring (bicyclic) bond motifs is 5. The van der Waals surface area contributed by atoms with E-state index >= 15 is 0 Å². The van der Waals surface area contributed by atoms with E-state index in [0.29, 0.717) is 25.1 Å². The number of carbonyl (C=O) groups excluding carboxylic acids is 3. The van der Waals surface area contributed by atoms with Crippen molar-refractivity contribution in [2.24, 2.45) is 0 Å². The van der Waals surface area contributed by atoms with Gasteiger partial charge in [0, 0.05) is 52.2 Å². The first-order valence-electron chi connectivity index (χ1n) is 12.8. The summed E-state index contributed by atoms with van der Waals surface area (Å²) in [4.78, 5) is 44.5. The molecule has 8 nitrogen and oxygen atoms in total. The number of benzene rings is 2. The molecule has 2 fully saturated rings. The predicted octanol–water partition coefficient (Wildman–Crippen LogP) is 3.51. The maximum absolute atomic E-state index is 13.2. The van der Waals surface area contributed by atoms with E-state index < -0.39 is 11.9 Å². The highest BCUT2D eigenvalue weighted by molar-refractivity contribution is 6.35. The van der Waals surface area contributed by atoms with Crippen molar-refractivity contribution in [3.63, 3.8) is 0 Å². The molecular weight excluding hydrogens is 492 g/mol. The second-order valence-electron chi connectivity index (χ2n) is 10.7. The third-order valence-electron chi connectivity index (χ3n) is 8.68. The van der Waals surface area contributed by atoms with Crippen molar-refractivity contribution >= 4 is 40.2 Å². The number of carbonyl (C=O) groups is 3. The van der Waals surface area contributed by atoms with Gasteiger partial charge in [-0.1, -0.05) is 29.8 Å². The zero-order valence-corrected chi connectivity index (χ0v) is 21.1. The molecule has 37 heavy (non-hydrogen) atoms. The Kier molecular flexibility index (Phi) is 5.13. The van der Waals surface area contributed by atoms with E-state index in [2.05, 4.69) is 33.4 Å². The molecule has 2 saturated heterocycles. The zero-order valence-electron chi connectivity index (χ0n) is 20.3. The monoisotopic (exact) mass is 518 g/mol. The minimum Gasteiger partial charge on any atom is -0.492 e. The van der Waals surface area contributed by atoms with Crippen molar-refractivity contribution < 1.29 is 19.1 Å². The van der Waals surface area contributed by atoms with Gasteiger partial charge in [-0.2, -0.15) is 0 Å². The number of halogens is 1. The molecule has 3 aromatic rings. The number of piperidine rings is 2. The van der Waals surface area contributed by atoms with Crippen molar-refractivity contribution in [1.82, 2.24) is 20.1 Å². The lowest BCUT2D eigenvalue weighted by Gasteiger charge is -2.38. The van der Waals surface area contributed by atoms with Gasteiger partial charge in [0.05, 0.1) is 18.2 Å². The molecule has 4 aliphatic rings. The largest absolute Gasteiger partial charge is 0.492 e. The molecule has 5 heterocycles. The van der Waals surface area contributed by atoms with E-state index in [9.17, 15) is 14.4 Å². The normalized spacial score (nSPS) is 22.9. The first-order valence-corrected chi connectivity index (χ1v) is 13.2. The lowest BCUT2D eigenvalue weighted by atomic mass is 9.74. The van der Waals surface area contributed by atoms with E-state index in [1.54, 1.807) is 4.90 Å². The summed E-state index contributed by atoms with van der Waals surface area (Å²) in [5.74, 6) is -0.0199. The smallest absolute Gasteiger partial charge is 0.255 e. The Morgan fingerprint density at radius 3 is 2.76 bits per heavy atom. The lowest BCUT2D eigenvalue weighted by molar-refractivity contribution is -0.136. The van der Waals surface area contributed by atoms with Crippen LogP contribution >= 0.6 is 11.6 Å². The standard InChI is InChI=1S/C28H27ClN4O4/c29-20-12-30-21-3-1-2-16(24(20)21)13-32-10-8-28(9-11-32)15-37-25-18-14-33(22-6-7-23(34)31-26(22)35)27(36)17(18)4-5-19(25)28/h1-5,12,22,30H,6-11,13-15H2,(H,31,34,35). The SMILES string of the molecule is O=C1CCC(N2Cc3c(ccc4c3OCC43CCN(Cc4cccc5[nH]cc(Cl)c45)CC3)C2=O)C(=O)N1. The highest BCUT2D eigenvalue weighted by Crippen LogP contribution is 2.49. The highest BCUT2D eigenvalue weighted by atomic mass is 35.5. The number of likely N-dealkylation sites (tertiary alicyclic amines) is 1. The molecule has 0 bridgehead atoms. The topological polar surface area (TPSA) is 94.7 Å². The van der Waals surface area contributed by atoms with Gasteiger partial charge in [0.2, 0.25) is 11.8 Å². The molecule has 190 valence electrons. The van der Waals surface area contributed by atoms with Gasteiger partial charge in [0.1, 0.15) is 11.8 Å². The average molecular weight is 519 g/mol. The fraction of sp³-hybridized carbons (Fsp3) is 0.393. The number of ether oxygens (including phenoxy) is 1. The number of nitrogens with one attached hydrogen (secondary N) is 2. The summed E-state index contributed by atoms with van der Waals surface area (Å²) >= 11 is 6.45. The fourth-order valence-electron chi connectivity index (χ4n) is 6.63. The van der Waals surface area contributed by atoms with E-state index in [0.717, 1.165) is 59.7 Å². The molecule has 1 aromatic heterocycles. The first kappa shape index (κ1) is 22.8. The zero-order chi connectivity index (χ0) is 25.3. The molecule has 0 radical (unpaired) electrons. The van der Waals surface area contributed by atoms with Crippen LogP contribution in [0.2, 0.25) is 5.02 Å². The molecule has 7 rings (SSSR count).